The van der Waals surface area contributed by atoms with Gasteiger partial charge < -0.3 is 9.47 Å². The number of thioether (sulfide) groups is 1. The third kappa shape index (κ3) is 5.02. The van der Waals surface area contributed by atoms with E-state index in [-0.39, 0.29) is 39.7 Å². The molecule has 0 bridgehead atoms. The maximum Gasteiger partial charge on any atom is 0.346 e. The minimum atomic E-state index is -0.860. The number of carbonyl (C=O) groups is 3. The van der Waals surface area contributed by atoms with Crippen molar-refractivity contribution in [3.63, 3.8) is 0 Å². The maximum absolute atomic E-state index is 13.9. The molecule has 0 N–H and O–H groups in total. The first-order chi connectivity index (χ1) is 16.4. The van der Waals surface area contributed by atoms with Crippen LogP contribution in [0, 0.1) is 12.7 Å². The number of aryl methyl sites for hydroxylation is 1. The van der Waals surface area contributed by atoms with Crippen molar-refractivity contribution in [1.29, 1.82) is 0 Å². The van der Waals surface area contributed by atoms with E-state index in [0.717, 1.165) is 22.9 Å². The largest absolute Gasteiger partial charge is 0.493 e. The minimum absolute atomic E-state index is 0.0976. The Morgan fingerprint density at radius 2 is 1.76 bits per heavy atom. The quantitative estimate of drug-likeness (QED) is 0.262. The molecule has 0 spiro atoms. The Labute approximate surface area is 200 Å². The van der Waals surface area contributed by atoms with Crippen molar-refractivity contribution in [3.05, 3.63) is 99.7 Å². The molecule has 6 nitrogen and oxygen atoms in total. The number of benzene rings is 3. The summed E-state index contributed by atoms with van der Waals surface area (Å²) in [5.74, 6) is -1.62. The van der Waals surface area contributed by atoms with E-state index in [2.05, 4.69) is 0 Å². The number of rotatable bonds is 6. The van der Waals surface area contributed by atoms with Crippen LogP contribution in [0.15, 0.2) is 71.6 Å². The van der Waals surface area contributed by atoms with Crippen LogP contribution in [-0.4, -0.2) is 29.1 Å². The lowest BCUT2D eigenvalue weighted by atomic mass is 10.1. The predicted octanol–water partition coefficient (Wildman–Crippen LogP) is 5.60. The fourth-order valence-electron chi connectivity index (χ4n) is 3.30. The van der Waals surface area contributed by atoms with E-state index in [1.165, 1.54) is 42.3 Å². The van der Waals surface area contributed by atoms with Gasteiger partial charge in [0.2, 0.25) is 0 Å². The van der Waals surface area contributed by atoms with Gasteiger partial charge in [0.1, 0.15) is 5.82 Å². The molecule has 3 aromatic carbocycles. The van der Waals surface area contributed by atoms with E-state index in [4.69, 9.17) is 9.47 Å². The summed E-state index contributed by atoms with van der Waals surface area (Å²) in [6.07, 6.45) is 1.57. The van der Waals surface area contributed by atoms with Gasteiger partial charge in [-0.05, 0) is 60.2 Å². The van der Waals surface area contributed by atoms with Crippen molar-refractivity contribution >= 4 is 35.0 Å². The summed E-state index contributed by atoms with van der Waals surface area (Å²) < 4.78 is 24.5. The van der Waals surface area contributed by atoms with Gasteiger partial charge in [0.15, 0.2) is 11.5 Å². The average molecular weight is 478 g/mol. The number of nitrogens with zero attached hydrogens (tertiary/aromatic N) is 1. The molecule has 1 heterocycles. The molecule has 0 radical (unpaired) electrons. The Morgan fingerprint density at radius 3 is 2.47 bits per heavy atom. The zero-order valence-electron chi connectivity index (χ0n) is 18.4. The smallest absolute Gasteiger partial charge is 0.346 e. The number of amides is 2. The van der Waals surface area contributed by atoms with Gasteiger partial charge >= 0.3 is 5.97 Å². The Balaban J connectivity index is 1.52. The summed E-state index contributed by atoms with van der Waals surface area (Å²) in [4.78, 5) is 39.1. The summed E-state index contributed by atoms with van der Waals surface area (Å²) >= 11 is 0.857. The molecular formula is C26H20FNO5S. The Morgan fingerprint density at radius 1 is 1.03 bits per heavy atom. The lowest BCUT2D eigenvalue weighted by molar-refractivity contribution is -0.123. The van der Waals surface area contributed by atoms with Crippen LogP contribution >= 0.6 is 11.8 Å². The predicted molar refractivity (Wildman–Crippen MR) is 127 cm³/mol. The van der Waals surface area contributed by atoms with Crippen LogP contribution in [0.2, 0.25) is 0 Å². The van der Waals surface area contributed by atoms with Crippen molar-refractivity contribution in [3.8, 4) is 11.5 Å². The van der Waals surface area contributed by atoms with Gasteiger partial charge in [-0.15, -0.1) is 0 Å². The number of imide groups is 1. The summed E-state index contributed by atoms with van der Waals surface area (Å²) in [5.41, 5.74) is 2.32. The molecule has 34 heavy (non-hydrogen) atoms. The molecular weight excluding hydrogens is 457 g/mol. The SMILES string of the molecule is COc1cc(/C=C2\SC(=O)N(Cc3ccc(C)cc3)C2=O)ccc1OC(=O)c1ccccc1F. The van der Waals surface area contributed by atoms with Gasteiger partial charge in [-0.1, -0.05) is 48.0 Å². The van der Waals surface area contributed by atoms with Gasteiger partial charge in [-0.25, -0.2) is 9.18 Å². The molecule has 4 rings (SSSR count). The first-order valence-corrected chi connectivity index (χ1v) is 11.1. The second kappa shape index (κ2) is 9.93. The monoisotopic (exact) mass is 477 g/mol. The maximum atomic E-state index is 13.9. The fourth-order valence-corrected chi connectivity index (χ4v) is 4.14. The van der Waals surface area contributed by atoms with E-state index in [1.54, 1.807) is 18.2 Å². The van der Waals surface area contributed by atoms with Crippen LogP contribution in [-0.2, 0) is 11.3 Å². The van der Waals surface area contributed by atoms with Gasteiger partial charge in [0.25, 0.3) is 11.1 Å². The summed E-state index contributed by atoms with van der Waals surface area (Å²) in [6.45, 7) is 2.16. The third-order valence-corrected chi connectivity index (χ3v) is 6.02. The van der Waals surface area contributed by atoms with E-state index in [1.807, 2.05) is 31.2 Å². The Kier molecular flexibility index (Phi) is 6.79. The number of methoxy groups -OCH3 is 1. The summed E-state index contributed by atoms with van der Waals surface area (Å²) in [7, 11) is 1.40. The van der Waals surface area contributed by atoms with Gasteiger partial charge in [-0.3, -0.25) is 14.5 Å². The van der Waals surface area contributed by atoms with Gasteiger partial charge in [-0.2, -0.15) is 0 Å². The zero-order chi connectivity index (χ0) is 24.2. The minimum Gasteiger partial charge on any atom is -0.493 e. The topological polar surface area (TPSA) is 72.9 Å². The van der Waals surface area contributed by atoms with Crippen LogP contribution in [0.3, 0.4) is 0 Å². The molecule has 1 aliphatic rings. The number of ether oxygens (including phenoxy) is 2. The van der Waals surface area contributed by atoms with Crippen molar-refractivity contribution in [2.45, 2.75) is 13.5 Å². The highest BCUT2D eigenvalue weighted by Crippen LogP contribution is 2.35. The fraction of sp³-hybridized carbons (Fsp3) is 0.115. The number of hydrogen-bond donors (Lipinski definition) is 0. The molecule has 0 unspecified atom stereocenters. The van der Waals surface area contributed by atoms with Crippen LogP contribution in [0.1, 0.15) is 27.0 Å². The molecule has 1 aliphatic heterocycles. The van der Waals surface area contributed by atoms with Crippen molar-refractivity contribution in [1.82, 2.24) is 4.90 Å². The molecule has 0 aliphatic carbocycles. The van der Waals surface area contributed by atoms with E-state index < -0.39 is 11.8 Å². The molecule has 0 atom stereocenters. The highest BCUT2D eigenvalue weighted by Gasteiger charge is 2.35. The Hall–Kier alpha value is -3.91. The van der Waals surface area contributed by atoms with Crippen LogP contribution in [0.25, 0.3) is 6.08 Å². The molecule has 172 valence electrons. The number of esters is 1. The zero-order valence-corrected chi connectivity index (χ0v) is 19.2. The van der Waals surface area contributed by atoms with E-state index in [0.29, 0.717) is 5.56 Å². The summed E-state index contributed by atoms with van der Waals surface area (Å²) in [6, 6.07) is 17.8. The van der Waals surface area contributed by atoms with Crippen LogP contribution in [0.5, 0.6) is 11.5 Å². The standard InChI is InChI=1S/C26H20FNO5S/c1-16-7-9-17(10-8-16)15-28-24(29)23(34-26(28)31)14-18-11-12-21(22(13-18)32-2)33-25(30)19-5-3-4-6-20(19)27/h3-14H,15H2,1-2H3/b23-14-. The highest BCUT2D eigenvalue weighted by molar-refractivity contribution is 8.18. The molecule has 0 aromatic heterocycles. The lowest BCUT2D eigenvalue weighted by Gasteiger charge is -2.12. The molecule has 0 saturated carbocycles. The lowest BCUT2D eigenvalue weighted by Crippen LogP contribution is -2.27. The Bertz CT molecular complexity index is 1300. The third-order valence-electron chi connectivity index (χ3n) is 5.12. The number of hydrogen-bond acceptors (Lipinski definition) is 6. The van der Waals surface area contributed by atoms with E-state index >= 15 is 0 Å². The van der Waals surface area contributed by atoms with Crippen LogP contribution in [0.4, 0.5) is 9.18 Å². The first-order valence-electron chi connectivity index (χ1n) is 10.3. The van der Waals surface area contributed by atoms with Crippen molar-refractivity contribution in [2.75, 3.05) is 7.11 Å². The highest BCUT2D eigenvalue weighted by atomic mass is 32.2. The molecule has 8 heteroatoms. The van der Waals surface area contributed by atoms with E-state index in [9.17, 15) is 18.8 Å². The molecule has 3 aromatic rings. The van der Waals surface area contributed by atoms with Gasteiger partial charge in [0, 0.05) is 0 Å². The molecule has 1 saturated heterocycles. The average Bonchev–Trinajstić information content (AvgIpc) is 3.08. The first kappa shape index (κ1) is 23.3. The van der Waals surface area contributed by atoms with Crippen molar-refractivity contribution in [2.24, 2.45) is 0 Å². The summed E-state index contributed by atoms with van der Waals surface area (Å²) in [5, 5.41) is -0.348. The van der Waals surface area contributed by atoms with Crippen molar-refractivity contribution < 1.29 is 28.2 Å². The number of carbonyl (C=O) groups excluding carboxylic acids is 3. The second-order valence-electron chi connectivity index (χ2n) is 7.53. The molecule has 1 fully saturated rings. The normalized spacial score (nSPS) is 14.6. The molecule has 2 amide bonds. The van der Waals surface area contributed by atoms with Crippen LogP contribution < -0.4 is 9.47 Å². The second-order valence-corrected chi connectivity index (χ2v) is 8.53. The van der Waals surface area contributed by atoms with Gasteiger partial charge in [0.05, 0.1) is 24.1 Å². The number of halogens is 1.